The quantitative estimate of drug-likeness (QED) is 0.0398. The molecular weight excluding hydrogens is 712 g/mol. The zero-order chi connectivity index (χ0) is 39.8. The highest BCUT2D eigenvalue weighted by molar-refractivity contribution is 5.89. The van der Waals surface area contributed by atoms with Crippen molar-refractivity contribution in [1.82, 2.24) is 21.3 Å². The Morgan fingerprint density at radius 1 is 0.906 bits per heavy atom. The molecule has 0 aromatic carbocycles. The molecular formula is C32H58N4O17. The van der Waals surface area contributed by atoms with Gasteiger partial charge in [0.15, 0.2) is 0 Å². The number of carboxylic acids is 1. The van der Waals surface area contributed by atoms with E-state index in [9.17, 15) is 49.5 Å². The van der Waals surface area contributed by atoms with Crippen LogP contribution in [0.5, 0.6) is 0 Å². The van der Waals surface area contributed by atoms with E-state index in [1.807, 2.05) is 6.92 Å². The molecule has 0 spiro atoms. The highest BCUT2D eigenvalue weighted by atomic mass is 16.7. The van der Waals surface area contributed by atoms with Crippen molar-refractivity contribution in [1.29, 1.82) is 0 Å². The lowest BCUT2D eigenvalue weighted by Crippen LogP contribution is -2.68. The van der Waals surface area contributed by atoms with Gasteiger partial charge in [0.05, 0.1) is 57.8 Å². The molecule has 7 unspecified atom stereocenters. The van der Waals surface area contributed by atoms with Crippen molar-refractivity contribution in [2.24, 2.45) is 0 Å². The summed E-state index contributed by atoms with van der Waals surface area (Å²) in [6, 6.07) is -2.73. The number of hydrogen-bond acceptors (Lipinski definition) is 16. The average Bonchev–Trinajstić information content (AvgIpc) is 3.11. The van der Waals surface area contributed by atoms with Gasteiger partial charge < -0.3 is 80.0 Å². The lowest BCUT2D eigenvalue weighted by atomic mass is 9.88. The summed E-state index contributed by atoms with van der Waals surface area (Å²) in [5.41, 5.74) is 0. The molecule has 1 aliphatic rings. The van der Waals surface area contributed by atoms with Crippen LogP contribution >= 0.6 is 0 Å². The van der Waals surface area contributed by atoms with Crippen LogP contribution in [0.25, 0.3) is 0 Å². The van der Waals surface area contributed by atoms with Crippen LogP contribution in [0.15, 0.2) is 0 Å². The highest BCUT2D eigenvalue weighted by Gasteiger charge is 2.56. The molecule has 9 N–H and O–H groups in total. The van der Waals surface area contributed by atoms with E-state index in [1.54, 1.807) is 0 Å². The van der Waals surface area contributed by atoms with E-state index in [-0.39, 0.29) is 46.0 Å². The number of carbonyl (C=O) groups excluding carboxylic acids is 4. The fraction of sp³-hybridized carbons (Fsp3) is 0.844. The molecule has 21 nitrogen and oxygen atoms in total. The third-order valence-electron chi connectivity index (χ3n) is 7.49. The largest absolute Gasteiger partial charge is 0.477 e. The molecule has 7 atom stereocenters. The summed E-state index contributed by atoms with van der Waals surface area (Å²) >= 11 is 0. The van der Waals surface area contributed by atoms with Crippen LogP contribution in [0.1, 0.15) is 52.9 Å². The number of rotatable bonds is 27. The molecule has 0 aromatic heterocycles. The van der Waals surface area contributed by atoms with Crippen LogP contribution in [-0.4, -0.2) is 177 Å². The van der Waals surface area contributed by atoms with E-state index >= 15 is 0 Å². The van der Waals surface area contributed by atoms with Gasteiger partial charge in [-0.05, 0) is 39.5 Å². The summed E-state index contributed by atoms with van der Waals surface area (Å²) in [6.07, 6.45) is -8.74. The predicted octanol–water partition coefficient (Wildman–Crippen LogP) is -2.26. The second-order valence-electron chi connectivity index (χ2n) is 12.2. The monoisotopic (exact) mass is 770 g/mol. The topological polar surface area (TPSA) is 299 Å². The summed E-state index contributed by atoms with van der Waals surface area (Å²) in [6.45, 7) is 4.95. The molecule has 1 rings (SSSR count). The number of nitrogens with one attached hydrogen (secondary N) is 4. The number of amides is 4. The van der Waals surface area contributed by atoms with Gasteiger partial charge in [-0.3, -0.25) is 9.59 Å². The van der Waals surface area contributed by atoms with Gasteiger partial charge in [0.2, 0.25) is 11.8 Å². The fourth-order valence-corrected chi connectivity index (χ4v) is 4.97. The van der Waals surface area contributed by atoms with E-state index in [1.165, 1.54) is 21.0 Å². The standard InChI is InChI=1S/C32H58N4O17/c1-5-10-48-13-15-50-30(45)33-9-7-6-8-21(35-31(46)51-16-14-49-12-11-47-4)28(42)34-18-24(40)36-25-22(38)17-32(29(43)44,52-20(2)3)53-27(25)26(41)23(39)19-37/h20-23,25-27,37-39,41H,5-19H2,1-4H3,(H,33,45)(H,34,42)(H,35,46)(H,36,40)(H,43,44). The summed E-state index contributed by atoms with van der Waals surface area (Å²) < 4.78 is 36.4. The molecule has 0 radical (unpaired) electrons. The van der Waals surface area contributed by atoms with E-state index in [2.05, 4.69) is 21.3 Å². The summed E-state index contributed by atoms with van der Waals surface area (Å²) in [5, 5.41) is 60.7. The first kappa shape index (κ1) is 47.6. The number of carbonyl (C=O) groups is 5. The lowest BCUT2D eigenvalue weighted by molar-refractivity contribution is -0.319. The third-order valence-corrected chi connectivity index (χ3v) is 7.49. The third kappa shape index (κ3) is 18.5. The van der Waals surface area contributed by atoms with Crippen molar-refractivity contribution in [3.05, 3.63) is 0 Å². The van der Waals surface area contributed by atoms with Crippen LogP contribution < -0.4 is 21.3 Å². The van der Waals surface area contributed by atoms with Gasteiger partial charge >= 0.3 is 18.2 Å². The molecule has 53 heavy (non-hydrogen) atoms. The minimum Gasteiger partial charge on any atom is -0.477 e. The first-order valence-corrected chi connectivity index (χ1v) is 17.5. The first-order valence-electron chi connectivity index (χ1n) is 17.5. The Labute approximate surface area is 308 Å². The maximum Gasteiger partial charge on any atom is 0.407 e. The minimum atomic E-state index is -2.47. The number of methoxy groups -OCH3 is 1. The Morgan fingerprint density at radius 2 is 1.55 bits per heavy atom. The average molecular weight is 771 g/mol. The first-order chi connectivity index (χ1) is 25.2. The van der Waals surface area contributed by atoms with E-state index in [4.69, 9.17) is 33.2 Å². The predicted molar refractivity (Wildman–Crippen MR) is 181 cm³/mol. The Balaban J connectivity index is 2.88. The van der Waals surface area contributed by atoms with E-state index in [0.717, 1.165) is 6.42 Å². The van der Waals surface area contributed by atoms with Crippen molar-refractivity contribution in [2.75, 3.05) is 73.1 Å². The minimum absolute atomic E-state index is 0.0596. The molecule has 1 heterocycles. The Hall–Kier alpha value is -3.41. The fourth-order valence-electron chi connectivity index (χ4n) is 4.97. The van der Waals surface area contributed by atoms with Crippen LogP contribution in [0.4, 0.5) is 9.59 Å². The zero-order valence-electron chi connectivity index (χ0n) is 30.8. The second kappa shape index (κ2) is 26.4. The number of aliphatic carboxylic acids is 1. The molecule has 21 heteroatoms. The molecule has 0 saturated carbocycles. The van der Waals surface area contributed by atoms with Crippen molar-refractivity contribution < 1.29 is 82.7 Å². The molecule has 0 aliphatic carbocycles. The van der Waals surface area contributed by atoms with Crippen LogP contribution in [-0.2, 0) is 47.5 Å². The number of aliphatic hydroxyl groups is 4. The number of unbranched alkanes of at least 4 members (excludes halogenated alkanes) is 1. The van der Waals surface area contributed by atoms with Gasteiger partial charge in [-0.2, -0.15) is 0 Å². The van der Waals surface area contributed by atoms with Gasteiger partial charge in [-0.15, -0.1) is 0 Å². The smallest absolute Gasteiger partial charge is 0.407 e. The Bertz CT molecular complexity index is 1100. The Kier molecular flexibility index (Phi) is 23.7. The number of aliphatic hydroxyl groups excluding tert-OH is 4. The van der Waals surface area contributed by atoms with Crippen molar-refractivity contribution >= 4 is 30.0 Å². The maximum absolute atomic E-state index is 13.2. The van der Waals surface area contributed by atoms with Gasteiger partial charge in [0.25, 0.3) is 5.79 Å². The molecule has 1 aliphatic heterocycles. The molecule has 4 amide bonds. The number of hydrogen-bond donors (Lipinski definition) is 9. The van der Waals surface area contributed by atoms with Crippen molar-refractivity contribution in [2.45, 2.75) is 101 Å². The second-order valence-corrected chi connectivity index (χ2v) is 12.2. The summed E-state index contributed by atoms with van der Waals surface area (Å²) in [5.74, 6) is -5.83. The number of carboxylic acid groups (broad SMARTS) is 1. The Morgan fingerprint density at radius 3 is 2.15 bits per heavy atom. The van der Waals surface area contributed by atoms with E-state index < -0.39 is 97.9 Å². The molecule has 0 aromatic rings. The zero-order valence-corrected chi connectivity index (χ0v) is 30.8. The lowest BCUT2D eigenvalue weighted by Gasteiger charge is -2.47. The highest BCUT2D eigenvalue weighted by Crippen LogP contribution is 2.34. The van der Waals surface area contributed by atoms with Gasteiger partial charge in [0.1, 0.15) is 37.6 Å². The molecule has 1 fully saturated rings. The summed E-state index contributed by atoms with van der Waals surface area (Å²) in [4.78, 5) is 62.6. The van der Waals surface area contributed by atoms with Gasteiger partial charge in [0, 0.05) is 26.7 Å². The summed E-state index contributed by atoms with van der Waals surface area (Å²) in [7, 11) is 1.50. The van der Waals surface area contributed by atoms with Gasteiger partial charge in [-0.1, -0.05) is 6.92 Å². The van der Waals surface area contributed by atoms with Crippen LogP contribution in [0.3, 0.4) is 0 Å². The SMILES string of the molecule is CCCOCCOC(=O)NCCCCC(NC(=O)OCCOCCOC)C(=O)NCC(=O)NC1C(O)CC(OC(C)C)(C(=O)O)OC1C(O)C(O)CO. The number of ether oxygens (including phenoxy) is 7. The van der Waals surface area contributed by atoms with Crippen LogP contribution in [0, 0.1) is 0 Å². The van der Waals surface area contributed by atoms with E-state index in [0.29, 0.717) is 26.1 Å². The van der Waals surface area contributed by atoms with Crippen molar-refractivity contribution in [3.63, 3.8) is 0 Å². The van der Waals surface area contributed by atoms with Crippen LogP contribution in [0.2, 0.25) is 0 Å². The normalized spacial score (nSPS) is 21.6. The molecule has 308 valence electrons. The van der Waals surface area contributed by atoms with Crippen molar-refractivity contribution in [3.8, 4) is 0 Å². The number of alkyl carbamates (subject to hydrolysis) is 2. The molecule has 0 bridgehead atoms. The van der Waals surface area contributed by atoms with Gasteiger partial charge in [-0.25, -0.2) is 14.4 Å². The maximum atomic E-state index is 13.2. The molecule has 1 saturated heterocycles.